The molecule has 96 valence electrons. The Kier molecular flexibility index (Phi) is 4.16. The van der Waals surface area contributed by atoms with Crippen molar-refractivity contribution < 1.29 is 14.7 Å². The highest BCUT2D eigenvalue weighted by molar-refractivity contribution is 14.1. The van der Waals surface area contributed by atoms with Crippen molar-refractivity contribution in [3.8, 4) is 5.75 Å². The summed E-state index contributed by atoms with van der Waals surface area (Å²) in [6.45, 7) is 0. The van der Waals surface area contributed by atoms with Gasteiger partial charge in [-0.05, 0) is 52.9 Å². The summed E-state index contributed by atoms with van der Waals surface area (Å²) in [6.07, 6.45) is 0.715. The van der Waals surface area contributed by atoms with E-state index in [1.54, 1.807) is 36.4 Å². The summed E-state index contributed by atoms with van der Waals surface area (Å²) in [5.41, 5.74) is 1.38. The van der Waals surface area contributed by atoms with Gasteiger partial charge in [-0.15, -0.1) is 0 Å². The Bertz CT molecular complexity index is 640. The van der Waals surface area contributed by atoms with Crippen LogP contribution in [0.3, 0.4) is 0 Å². The molecule has 0 atom stereocenters. The van der Waals surface area contributed by atoms with Crippen molar-refractivity contribution in [1.82, 2.24) is 0 Å². The average molecular weight is 367 g/mol. The van der Waals surface area contributed by atoms with Crippen LogP contribution in [0.5, 0.6) is 5.75 Å². The number of rotatable bonds is 3. The molecule has 4 nitrogen and oxygen atoms in total. The molecule has 0 radical (unpaired) electrons. The molecule has 0 aliphatic heterocycles. The van der Waals surface area contributed by atoms with Crippen molar-refractivity contribution in [2.45, 2.75) is 0 Å². The summed E-state index contributed by atoms with van der Waals surface area (Å²) in [5.74, 6) is -0.273. The Morgan fingerprint density at radius 3 is 2.68 bits per heavy atom. The maximum Gasteiger partial charge on any atom is 0.255 e. The predicted octanol–water partition coefficient (Wildman–Crippen LogP) is 3.06. The fourth-order valence-corrected chi connectivity index (χ4v) is 1.88. The Labute approximate surface area is 123 Å². The van der Waals surface area contributed by atoms with E-state index in [1.807, 2.05) is 22.6 Å². The van der Waals surface area contributed by atoms with Crippen molar-refractivity contribution in [3.63, 3.8) is 0 Å². The normalized spacial score (nSPS) is 9.95. The summed E-state index contributed by atoms with van der Waals surface area (Å²) in [7, 11) is 0. The topological polar surface area (TPSA) is 66.4 Å². The lowest BCUT2D eigenvalue weighted by atomic mass is 10.2. The molecular weight excluding hydrogens is 357 g/mol. The molecule has 0 saturated heterocycles. The Morgan fingerprint density at radius 1 is 1.21 bits per heavy atom. The quantitative estimate of drug-likeness (QED) is 0.647. The van der Waals surface area contributed by atoms with E-state index in [1.165, 1.54) is 6.07 Å². The molecule has 2 rings (SSSR count). The van der Waals surface area contributed by atoms with E-state index in [0.717, 1.165) is 0 Å². The number of amides is 1. The zero-order valence-electron chi connectivity index (χ0n) is 9.76. The number of carbonyl (C=O) groups is 2. The van der Waals surface area contributed by atoms with Gasteiger partial charge in [0.25, 0.3) is 5.91 Å². The Hall–Kier alpha value is -1.89. The first-order valence-electron chi connectivity index (χ1n) is 5.45. The molecule has 0 fully saturated rings. The molecule has 0 aliphatic carbocycles. The van der Waals surface area contributed by atoms with Gasteiger partial charge in [0, 0.05) is 16.8 Å². The standard InChI is InChI=1S/C14H10INO3/c15-12-5-4-10(7-13(12)18)14(19)16-11-3-1-2-9(6-11)8-17/h1-8,18H,(H,16,19). The SMILES string of the molecule is O=Cc1cccc(NC(=O)c2ccc(I)c(O)c2)c1. The van der Waals surface area contributed by atoms with E-state index < -0.39 is 0 Å². The number of carbonyl (C=O) groups excluding carboxylic acids is 2. The molecular formula is C14H10INO3. The Morgan fingerprint density at radius 2 is 2.00 bits per heavy atom. The lowest BCUT2D eigenvalue weighted by Crippen LogP contribution is -2.11. The van der Waals surface area contributed by atoms with Gasteiger partial charge in [-0.25, -0.2) is 0 Å². The van der Waals surface area contributed by atoms with Crippen LogP contribution in [-0.4, -0.2) is 17.3 Å². The summed E-state index contributed by atoms with van der Waals surface area (Å²) in [4.78, 5) is 22.6. The van der Waals surface area contributed by atoms with Crippen LogP contribution in [0.1, 0.15) is 20.7 Å². The second kappa shape index (κ2) is 5.83. The smallest absolute Gasteiger partial charge is 0.255 e. The van der Waals surface area contributed by atoms with Gasteiger partial charge in [0.1, 0.15) is 12.0 Å². The number of hydrogen-bond acceptors (Lipinski definition) is 3. The molecule has 2 aromatic carbocycles. The number of anilines is 1. The number of hydrogen-bond donors (Lipinski definition) is 2. The maximum absolute atomic E-state index is 12.0. The van der Waals surface area contributed by atoms with Crippen molar-refractivity contribution in [1.29, 1.82) is 0 Å². The van der Waals surface area contributed by atoms with Crippen LogP contribution >= 0.6 is 22.6 Å². The van der Waals surface area contributed by atoms with Gasteiger partial charge in [-0.3, -0.25) is 9.59 Å². The van der Waals surface area contributed by atoms with E-state index in [4.69, 9.17) is 0 Å². The summed E-state index contributed by atoms with van der Waals surface area (Å²) >= 11 is 1.98. The second-order valence-corrected chi connectivity index (χ2v) is 5.03. The number of phenols is 1. The highest BCUT2D eigenvalue weighted by atomic mass is 127. The van der Waals surface area contributed by atoms with Gasteiger partial charge in [0.15, 0.2) is 0 Å². The minimum absolute atomic E-state index is 0.0647. The average Bonchev–Trinajstić information content (AvgIpc) is 2.42. The largest absolute Gasteiger partial charge is 0.507 e. The summed E-state index contributed by atoms with van der Waals surface area (Å²) in [6, 6.07) is 11.3. The second-order valence-electron chi connectivity index (χ2n) is 3.86. The molecule has 0 heterocycles. The fourth-order valence-electron chi connectivity index (χ4n) is 1.55. The zero-order chi connectivity index (χ0) is 13.8. The number of benzene rings is 2. The van der Waals surface area contributed by atoms with E-state index in [-0.39, 0.29) is 11.7 Å². The Balaban J connectivity index is 2.20. The molecule has 0 spiro atoms. The minimum Gasteiger partial charge on any atom is -0.507 e. The molecule has 1 amide bonds. The van der Waals surface area contributed by atoms with Gasteiger partial charge in [-0.2, -0.15) is 0 Å². The number of aromatic hydroxyl groups is 1. The summed E-state index contributed by atoms with van der Waals surface area (Å²) in [5, 5.41) is 12.2. The van der Waals surface area contributed by atoms with Crippen LogP contribution < -0.4 is 5.32 Å². The molecule has 2 N–H and O–H groups in total. The number of aldehydes is 1. The van der Waals surface area contributed by atoms with Crippen LogP contribution in [0.15, 0.2) is 42.5 Å². The van der Waals surface area contributed by atoms with Crippen LogP contribution in [0.4, 0.5) is 5.69 Å². The highest BCUT2D eigenvalue weighted by Gasteiger charge is 2.08. The zero-order valence-corrected chi connectivity index (χ0v) is 11.9. The van der Waals surface area contributed by atoms with Crippen LogP contribution in [0.2, 0.25) is 0 Å². The molecule has 0 aliphatic rings. The third-order valence-corrected chi connectivity index (χ3v) is 3.40. The third kappa shape index (κ3) is 3.31. The molecule has 0 unspecified atom stereocenters. The fraction of sp³-hybridized carbons (Fsp3) is 0. The van der Waals surface area contributed by atoms with Gasteiger partial charge < -0.3 is 10.4 Å². The number of nitrogens with one attached hydrogen (secondary N) is 1. The van der Waals surface area contributed by atoms with Crippen molar-refractivity contribution >= 4 is 40.5 Å². The molecule has 0 saturated carbocycles. The number of phenolic OH excluding ortho intramolecular Hbond substituents is 1. The highest BCUT2D eigenvalue weighted by Crippen LogP contribution is 2.21. The molecule has 0 bridgehead atoms. The van der Waals surface area contributed by atoms with Gasteiger partial charge in [-0.1, -0.05) is 12.1 Å². The van der Waals surface area contributed by atoms with E-state index in [0.29, 0.717) is 26.7 Å². The van der Waals surface area contributed by atoms with Crippen molar-refractivity contribution in [2.24, 2.45) is 0 Å². The molecule has 2 aromatic rings. The lowest BCUT2D eigenvalue weighted by Gasteiger charge is -2.06. The van der Waals surface area contributed by atoms with Crippen LogP contribution in [-0.2, 0) is 0 Å². The molecule has 19 heavy (non-hydrogen) atoms. The van der Waals surface area contributed by atoms with Crippen LogP contribution in [0, 0.1) is 3.57 Å². The molecule has 0 aromatic heterocycles. The first kappa shape index (κ1) is 13.5. The molecule has 5 heteroatoms. The van der Waals surface area contributed by atoms with Gasteiger partial charge in [0.05, 0.1) is 3.57 Å². The van der Waals surface area contributed by atoms with E-state index in [9.17, 15) is 14.7 Å². The van der Waals surface area contributed by atoms with E-state index in [2.05, 4.69) is 5.32 Å². The van der Waals surface area contributed by atoms with Crippen molar-refractivity contribution in [2.75, 3.05) is 5.32 Å². The summed E-state index contributed by atoms with van der Waals surface area (Å²) < 4.78 is 0.678. The first-order chi connectivity index (χ1) is 9.10. The monoisotopic (exact) mass is 367 g/mol. The maximum atomic E-state index is 12.0. The van der Waals surface area contributed by atoms with E-state index >= 15 is 0 Å². The van der Waals surface area contributed by atoms with Gasteiger partial charge >= 0.3 is 0 Å². The minimum atomic E-state index is -0.338. The van der Waals surface area contributed by atoms with Crippen molar-refractivity contribution in [3.05, 3.63) is 57.2 Å². The van der Waals surface area contributed by atoms with Gasteiger partial charge in [0.2, 0.25) is 0 Å². The predicted molar refractivity (Wildman–Crippen MR) is 80.6 cm³/mol. The first-order valence-corrected chi connectivity index (χ1v) is 6.53. The number of halogens is 1. The van der Waals surface area contributed by atoms with Crippen LogP contribution in [0.25, 0.3) is 0 Å². The lowest BCUT2D eigenvalue weighted by molar-refractivity contribution is 0.102. The third-order valence-electron chi connectivity index (χ3n) is 2.49.